The molecule has 0 radical (unpaired) electrons. The maximum atomic E-state index is 14.8. The standard InChI is InChI=1S/C28H24F3NO3/c1-15-5-8-17(28(2,3)4)13-20(15)25(33)23-24(16-6-9-18(29)10-7-16)32(27(35)26(23)34)22-12-11-19(30)14-21(22)31/h5-14,24,33H,1-4H3/b25-23+. The number of hydrogen-bond acceptors (Lipinski definition) is 3. The molecule has 0 spiro atoms. The van der Waals surface area contributed by atoms with Gasteiger partial charge >= 0.3 is 0 Å². The number of aryl methyl sites for hydroxylation is 1. The highest BCUT2D eigenvalue weighted by Gasteiger charge is 2.48. The van der Waals surface area contributed by atoms with Gasteiger partial charge in [0.15, 0.2) is 0 Å². The summed E-state index contributed by atoms with van der Waals surface area (Å²) in [7, 11) is 0. The summed E-state index contributed by atoms with van der Waals surface area (Å²) in [6, 6.07) is 11.8. The molecule has 1 atom stereocenters. The Balaban J connectivity index is 2.00. The molecule has 0 bridgehead atoms. The number of nitrogens with zero attached hydrogens (tertiary/aromatic N) is 1. The molecule has 7 heteroatoms. The summed E-state index contributed by atoms with van der Waals surface area (Å²) in [5.41, 5.74) is 1.32. The highest BCUT2D eigenvalue weighted by atomic mass is 19.1. The van der Waals surface area contributed by atoms with Gasteiger partial charge in [-0.25, -0.2) is 13.2 Å². The smallest absolute Gasteiger partial charge is 0.300 e. The molecule has 0 aliphatic carbocycles. The number of amides is 1. The number of anilines is 1. The summed E-state index contributed by atoms with van der Waals surface area (Å²) < 4.78 is 42.0. The number of aliphatic hydroxyl groups is 1. The molecule has 180 valence electrons. The van der Waals surface area contributed by atoms with Crippen LogP contribution in [0.15, 0.2) is 66.2 Å². The van der Waals surface area contributed by atoms with Crippen molar-refractivity contribution >= 4 is 23.1 Å². The normalized spacial score (nSPS) is 17.8. The Kier molecular flexibility index (Phi) is 6.05. The van der Waals surface area contributed by atoms with Gasteiger partial charge in [-0.1, -0.05) is 45.0 Å². The molecule has 1 heterocycles. The zero-order valence-electron chi connectivity index (χ0n) is 19.7. The first-order valence-corrected chi connectivity index (χ1v) is 11.0. The molecule has 3 aromatic carbocycles. The van der Waals surface area contributed by atoms with Gasteiger partial charge in [0.05, 0.1) is 17.3 Å². The fourth-order valence-electron chi connectivity index (χ4n) is 4.21. The van der Waals surface area contributed by atoms with Crippen LogP contribution in [-0.2, 0) is 15.0 Å². The fourth-order valence-corrected chi connectivity index (χ4v) is 4.21. The molecule has 35 heavy (non-hydrogen) atoms. The van der Waals surface area contributed by atoms with Crippen molar-refractivity contribution in [3.05, 3.63) is 106 Å². The predicted molar refractivity (Wildman–Crippen MR) is 127 cm³/mol. The molecule has 1 aliphatic heterocycles. The Labute approximate surface area is 201 Å². The van der Waals surface area contributed by atoms with Gasteiger partial charge in [-0.3, -0.25) is 14.5 Å². The lowest BCUT2D eigenvalue weighted by Gasteiger charge is -2.26. The van der Waals surface area contributed by atoms with Crippen molar-refractivity contribution in [2.75, 3.05) is 4.90 Å². The summed E-state index contributed by atoms with van der Waals surface area (Å²) in [5, 5.41) is 11.4. The lowest BCUT2D eigenvalue weighted by molar-refractivity contribution is -0.132. The zero-order valence-corrected chi connectivity index (χ0v) is 19.7. The van der Waals surface area contributed by atoms with E-state index in [1.54, 1.807) is 19.1 Å². The SMILES string of the molecule is Cc1ccc(C(C)(C)C)cc1/C(O)=C1\C(=O)C(=O)N(c2ccc(F)cc2F)C1c1ccc(F)cc1. The minimum atomic E-state index is -1.26. The Morgan fingerprint density at radius 1 is 0.886 bits per heavy atom. The number of benzene rings is 3. The number of carbonyl (C=O) groups excluding carboxylic acids is 2. The summed E-state index contributed by atoms with van der Waals surface area (Å²) in [4.78, 5) is 27.3. The molecule has 1 fully saturated rings. The van der Waals surface area contributed by atoms with E-state index in [-0.39, 0.29) is 22.2 Å². The molecule has 0 saturated carbocycles. The second kappa shape index (κ2) is 8.73. The Morgan fingerprint density at radius 2 is 1.51 bits per heavy atom. The number of carbonyl (C=O) groups is 2. The van der Waals surface area contributed by atoms with E-state index in [2.05, 4.69) is 0 Å². The summed E-state index contributed by atoms with van der Waals surface area (Å²) >= 11 is 0. The maximum Gasteiger partial charge on any atom is 0.300 e. The van der Waals surface area contributed by atoms with Crippen LogP contribution in [0.4, 0.5) is 18.9 Å². The molecule has 4 rings (SSSR count). The molecular formula is C28H24F3NO3. The van der Waals surface area contributed by atoms with Crippen molar-refractivity contribution in [3.63, 3.8) is 0 Å². The Bertz CT molecular complexity index is 1370. The van der Waals surface area contributed by atoms with Crippen molar-refractivity contribution in [2.45, 2.75) is 39.2 Å². The first-order chi connectivity index (χ1) is 16.4. The second-order valence-corrected chi connectivity index (χ2v) is 9.60. The van der Waals surface area contributed by atoms with E-state index in [0.717, 1.165) is 34.7 Å². The Hall–Kier alpha value is -3.87. The third-order valence-electron chi connectivity index (χ3n) is 6.16. The van der Waals surface area contributed by atoms with Gasteiger partial charge in [0.2, 0.25) is 0 Å². The van der Waals surface area contributed by atoms with Crippen molar-refractivity contribution in [3.8, 4) is 0 Å². The molecule has 4 nitrogen and oxygen atoms in total. The first kappa shape index (κ1) is 24.3. The monoisotopic (exact) mass is 479 g/mol. The number of Topliss-reactive ketones (excluding diaryl/α,β-unsaturated/α-hetero) is 1. The van der Waals surface area contributed by atoms with Crippen LogP contribution in [0.3, 0.4) is 0 Å². The Morgan fingerprint density at radius 3 is 2.11 bits per heavy atom. The average molecular weight is 479 g/mol. The van der Waals surface area contributed by atoms with E-state index in [4.69, 9.17) is 0 Å². The van der Waals surface area contributed by atoms with Crippen LogP contribution >= 0.6 is 0 Å². The van der Waals surface area contributed by atoms with Crippen LogP contribution in [0.1, 0.15) is 49.1 Å². The van der Waals surface area contributed by atoms with Gasteiger partial charge < -0.3 is 5.11 Å². The number of hydrogen-bond donors (Lipinski definition) is 1. The van der Waals surface area contributed by atoms with E-state index >= 15 is 0 Å². The summed E-state index contributed by atoms with van der Waals surface area (Å²) in [6.45, 7) is 7.74. The quantitative estimate of drug-likeness (QED) is 0.271. The van der Waals surface area contributed by atoms with Crippen LogP contribution in [0, 0.1) is 24.4 Å². The van der Waals surface area contributed by atoms with Crippen LogP contribution in [0.5, 0.6) is 0 Å². The summed E-state index contributed by atoms with van der Waals surface area (Å²) in [5.74, 6) is -4.99. The van der Waals surface area contributed by atoms with Crippen molar-refractivity contribution in [1.29, 1.82) is 0 Å². The van der Waals surface area contributed by atoms with Gasteiger partial charge in [-0.05, 0) is 59.4 Å². The third-order valence-corrected chi connectivity index (χ3v) is 6.16. The van der Waals surface area contributed by atoms with Crippen LogP contribution in [0.25, 0.3) is 5.76 Å². The average Bonchev–Trinajstić information content (AvgIpc) is 3.04. The number of aliphatic hydroxyl groups excluding tert-OH is 1. The number of ketones is 1. The topological polar surface area (TPSA) is 57.6 Å². The van der Waals surface area contributed by atoms with Gasteiger partial charge in [0, 0.05) is 11.6 Å². The van der Waals surface area contributed by atoms with Crippen molar-refractivity contribution < 1.29 is 27.9 Å². The van der Waals surface area contributed by atoms with E-state index in [1.165, 1.54) is 12.1 Å². The van der Waals surface area contributed by atoms with Crippen LogP contribution in [0.2, 0.25) is 0 Å². The minimum Gasteiger partial charge on any atom is -0.507 e. The lowest BCUT2D eigenvalue weighted by Crippen LogP contribution is -2.30. The number of rotatable bonds is 3. The van der Waals surface area contributed by atoms with Gasteiger partial charge in [-0.2, -0.15) is 0 Å². The number of halogens is 3. The molecule has 1 saturated heterocycles. The van der Waals surface area contributed by atoms with Crippen molar-refractivity contribution in [1.82, 2.24) is 0 Å². The van der Waals surface area contributed by atoms with E-state index in [1.807, 2.05) is 26.8 Å². The van der Waals surface area contributed by atoms with Crippen LogP contribution < -0.4 is 4.90 Å². The molecule has 1 amide bonds. The highest BCUT2D eigenvalue weighted by Crippen LogP contribution is 2.43. The minimum absolute atomic E-state index is 0.261. The van der Waals surface area contributed by atoms with Gasteiger partial charge in [-0.15, -0.1) is 0 Å². The van der Waals surface area contributed by atoms with E-state index < -0.39 is 40.9 Å². The predicted octanol–water partition coefficient (Wildman–Crippen LogP) is 6.34. The molecular weight excluding hydrogens is 455 g/mol. The molecule has 1 aliphatic rings. The molecule has 0 aromatic heterocycles. The fraction of sp³-hybridized carbons (Fsp3) is 0.214. The lowest BCUT2D eigenvalue weighted by atomic mass is 9.84. The first-order valence-electron chi connectivity index (χ1n) is 11.0. The van der Waals surface area contributed by atoms with Crippen LogP contribution in [-0.4, -0.2) is 16.8 Å². The summed E-state index contributed by atoms with van der Waals surface area (Å²) in [6.07, 6.45) is 0. The van der Waals surface area contributed by atoms with Gasteiger partial charge in [0.1, 0.15) is 23.2 Å². The van der Waals surface area contributed by atoms with E-state index in [9.17, 15) is 27.9 Å². The third kappa shape index (κ3) is 4.34. The largest absolute Gasteiger partial charge is 0.507 e. The molecule has 1 N–H and O–H groups in total. The highest BCUT2D eigenvalue weighted by molar-refractivity contribution is 6.51. The zero-order chi connectivity index (χ0) is 25.7. The maximum absolute atomic E-state index is 14.8. The molecule has 3 aromatic rings. The molecule has 1 unspecified atom stereocenters. The van der Waals surface area contributed by atoms with Gasteiger partial charge in [0.25, 0.3) is 11.7 Å². The van der Waals surface area contributed by atoms with E-state index in [0.29, 0.717) is 17.2 Å². The second-order valence-electron chi connectivity index (χ2n) is 9.60. The van der Waals surface area contributed by atoms with Crippen molar-refractivity contribution in [2.24, 2.45) is 0 Å².